The Labute approximate surface area is 124 Å². The summed E-state index contributed by atoms with van der Waals surface area (Å²) in [6.45, 7) is 0.437. The molecule has 0 spiro atoms. The third-order valence-electron chi connectivity index (χ3n) is 4.13. The molecular weight excluding hydrogens is 264 g/mol. The van der Waals surface area contributed by atoms with Crippen molar-refractivity contribution in [2.75, 3.05) is 13.2 Å². The average molecular weight is 284 g/mol. The first-order valence-corrected chi connectivity index (χ1v) is 7.45. The molecular formula is C17H20N2O2. The zero-order valence-electron chi connectivity index (χ0n) is 12.0. The minimum absolute atomic E-state index is 0.0176. The van der Waals surface area contributed by atoms with Gasteiger partial charge in [0.1, 0.15) is 0 Å². The molecule has 110 valence electrons. The summed E-state index contributed by atoms with van der Waals surface area (Å²) in [5, 5.41) is 9.17. The molecule has 3 rings (SSSR count). The molecule has 1 aliphatic rings. The second-order valence-corrected chi connectivity index (χ2v) is 5.44. The Morgan fingerprint density at radius 2 is 1.86 bits per heavy atom. The van der Waals surface area contributed by atoms with Crippen molar-refractivity contribution in [3.8, 4) is 5.69 Å². The molecule has 0 aliphatic heterocycles. The third kappa shape index (κ3) is 2.85. The number of nitrogens with zero attached hydrogens (tertiary/aromatic N) is 2. The van der Waals surface area contributed by atoms with Crippen molar-refractivity contribution in [2.45, 2.75) is 25.3 Å². The maximum absolute atomic E-state index is 12.6. The van der Waals surface area contributed by atoms with Gasteiger partial charge in [-0.2, -0.15) is 0 Å². The fourth-order valence-corrected chi connectivity index (χ4v) is 2.70. The van der Waals surface area contributed by atoms with Crippen LogP contribution in [0.15, 0.2) is 48.8 Å². The molecule has 1 amide bonds. The van der Waals surface area contributed by atoms with Crippen molar-refractivity contribution in [1.82, 2.24) is 9.47 Å². The van der Waals surface area contributed by atoms with Crippen LogP contribution in [0.25, 0.3) is 5.69 Å². The summed E-state index contributed by atoms with van der Waals surface area (Å²) in [4.78, 5) is 14.4. The molecule has 4 heteroatoms. The van der Waals surface area contributed by atoms with Gasteiger partial charge < -0.3 is 14.6 Å². The number of amides is 1. The minimum atomic E-state index is 0.0176. The molecule has 1 aromatic heterocycles. The van der Waals surface area contributed by atoms with Crippen LogP contribution in [0.3, 0.4) is 0 Å². The van der Waals surface area contributed by atoms with E-state index in [1.165, 1.54) is 6.42 Å². The molecule has 21 heavy (non-hydrogen) atoms. The molecule has 2 aromatic rings. The topological polar surface area (TPSA) is 45.5 Å². The first-order chi connectivity index (χ1) is 10.3. The lowest BCUT2D eigenvalue weighted by Crippen LogP contribution is -2.45. The van der Waals surface area contributed by atoms with Gasteiger partial charge in [-0.3, -0.25) is 4.79 Å². The van der Waals surface area contributed by atoms with Crippen LogP contribution in [0.2, 0.25) is 0 Å². The van der Waals surface area contributed by atoms with Crippen LogP contribution in [0.4, 0.5) is 0 Å². The molecule has 1 heterocycles. The van der Waals surface area contributed by atoms with E-state index >= 15 is 0 Å². The summed E-state index contributed by atoms with van der Waals surface area (Å²) in [6, 6.07) is 11.9. The second-order valence-electron chi connectivity index (χ2n) is 5.44. The Morgan fingerprint density at radius 3 is 2.38 bits per heavy atom. The monoisotopic (exact) mass is 284 g/mol. The number of aliphatic hydroxyl groups is 1. The van der Waals surface area contributed by atoms with Gasteiger partial charge in [0, 0.05) is 36.2 Å². The van der Waals surface area contributed by atoms with E-state index in [-0.39, 0.29) is 12.5 Å². The third-order valence-corrected chi connectivity index (χ3v) is 4.13. The van der Waals surface area contributed by atoms with Crippen LogP contribution in [0.5, 0.6) is 0 Å². The number of benzene rings is 1. The maximum Gasteiger partial charge on any atom is 0.254 e. The fraction of sp³-hybridized carbons (Fsp3) is 0.353. The first kappa shape index (κ1) is 13.9. The van der Waals surface area contributed by atoms with Crippen LogP contribution >= 0.6 is 0 Å². The summed E-state index contributed by atoms with van der Waals surface area (Å²) in [5.74, 6) is 0.0211. The highest BCUT2D eigenvalue weighted by Crippen LogP contribution is 2.26. The molecule has 1 fully saturated rings. The van der Waals surface area contributed by atoms with Gasteiger partial charge in [-0.05, 0) is 55.7 Å². The Bertz CT molecular complexity index is 586. The van der Waals surface area contributed by atoms with E-state index in [4.69, 9.17) is 0 Å². The summed E-state index contributed by atoms with van der Waals surface area (Å²) in [7, 11) is 0. The highest BCUT2D eigenvalue weighted by atomic mass is 16.3. The van der Waals surface area contributed by atoms with Crippen molar-refractivity contribution < 1.29 is 9.90 Å². The van der Waals surface area contributed by atoms with Crippen molar-refractivity contribution in [3.63, 3.8) is 0 Å². The van der Waals surface area contributed by atoms with Gasteiger partial charge in [0.05, 0.1) is 6.61 Å². The Hall–Kier alpha value is -2.07. The number of carbonyl (C=O) groups is 1. The summed E-state index contributed by atoms with van der Waals surface area (Å²) < 4.78 is 2.01. The number of hydrogen-bond acceptors (Lipinski definition) is 2. The summed E-state index contributed by atoms with van der Waals surface area (Å²) in [6.07, 6.45) is 7.22. The normalized spacial score (nSPS) is 14.7. The maximum atomic E-state index is 12.6. The molecule has 1 N–H and O–H groups in total. The predicted molar refractivity (Wildman–Crippen MR) is 81.5 cm³/mol. The van der Waals surface area contributed by atoms with Crippen LogP contribution in [0.1, 0.15) is 29.6 Å². The van der Waals surface area contributed by atoms with E-state index in [1.807, 2.05) is 58.3 Å². The largest absolute Gasteiger partial charge is 0.395 e. The SMILES string of the molecule is O=C(c1ccc(-n2cccc2)cc1)N(CCO)C1CCC1. The number of rotatable bonds is 5. The smallest absolute Gasteiger partial charge is 0.254 e. The van der Waals surface area contributed by atoms with Crippen molar-refractivity contribution in [2.24, 2.45) is 0 Å². The van der Waals surface area contributed by atoms with Crippen molar-refractivity contribution >= 4 is 5.91 Å². The lowest BCUT2D eigenvalue weighted by atomic mass is 9.91. The molecule has 1 saturated carbocycles. The highest BCUT2D eigenvalue weighted by Gasteiger charge is 2.28. The molecule has 1 aromatic carbocycles. The second kappa shape index (κ2) is 6.14. The Kier molecular flexibility index (Phi) is 4.06. The average Bonchev–Trinajstić information content (AvgIpc) is 2.98. The Balaban J connectivity index is 1.77. The number of aliphatic hydroxyl groups excluding tert-OH is 1. The van der Waals surface area contributed by atoms with E-state index in [9.17, 15) is 9.90 Å². The van der Waals surface area contributed by atoms with Crippen molar-refractivity contribution in [1.29, 1.82) is 0 Å². The fourth-order valence-electron chi connectivity index (χ4n) is 2.70. The van der Waals surface area contributed by atoms with E-state index in [2.05, 4.69) is 0 Å². The molecule has 1 aliphatic carbocycles. The van der Waals surface area contributed by atoms with E-state index in [1.54, 1.807) is 0 Å². The lowest BCUT2D eigenvalue weighted by molar-refractivity contribution is 0.0526. The molecule has 4 nitrogen and oxygen atoms in total. The molecule has 0 saturated heterocycles. The summed E-state index contributed by atoms with van der Waals surface area (Å²) >= 11 is 0. The van der Waals surface area contributed by atoms with Gasteiger partial charge in [0.25, 0.3) is 5.91 Å². The number of hydrogen-bond donors (Lipinski definition) is 1. The predicted octanol–water partition coefficient (Wildman–Crippen LogP) is 2.46. The molecule has 0 radical (unpaired) electrons. The van der Waals surface area contributed by atoms with Crippen LogP contribution in [-0.2, 0) is 0 Å². The number of carbonyl (C=O) groups excluding carboxylic acids is 1. The van der Waals surface area contributed by atoms with E-state index in [0.29, 0.717) is 18.2 Å². The van der Waals surface area contributed by atoms with Crippen molar-refractivity contribution in [3.05, 3.63) is 54.4 Å². The van der Waals surface area contributed by atoms with E-state index < -0.39 is 0 Å². The summed E-state index contributed by atoms with van der Waals surface area (Å²) in [5.41, 5.74) is 1.72. The molecule has 0 atom stereocenters. The minimum Gasteiger partial charge on any atom is -0.395 e. The van der Waals surface area contributed by atoms with Gasteiger partial charge in [-0.25, -0.2) is 0 Å². The first-order valence-electron chi connectivity index (χ1n) is 7.45. The quantitative estimate of drug-likeness (QED) is 0.916. The van der Waals surface area contributed by atoms with E-state index in [0.717, 1.165) is 18.5 Å². The van der Waals surface area contributed by atoms with Gasteiger partial charge >= 0.3 is 0 Å². The lowest BCUT2D eigenvalue weighted by Gasteiger charge is -2.37. The van der Waals surface area contributed by atoms with Gasteiger partial charge in [0.15, 0.2) is 0 Å². The van der Waals surface area contributed by atoms with Crippen LogP contribution in [-0.4, -0.2) is 39.7 Å². The number of aromatic nitrogens is 1. The molecule has 0 bridgehead atoms. The zero-order valence-corrected chi connectivity index (χ0v) is 12.0. The van der Waals surface area contributed by atoms with Gasteiger partial charge in [0.2, 0.25) is 0 Å². The zero-order chi connectivity index (χ0) is 14.7. The standard InChI is InChI=1S/C17H20N2O2/c20-13-12-19(16-4-3-5-16)17(21)14-6-8-15(9-7-14)18-10-1-2-11-18/h1-2,6-11,16,20H,3-5,12-13H2. The highest BCUT2D eigenvalue weighted by molar-refractivity contribution is 5.94. The van der Waals surface area contributed by atoms with Crippen LogP contribution < -0.4 is 0 Å². The Morgan fingerprint density at radius 1 is 1.19 bits per heavy atom. The van der Waals surface area contributed by atoms with Gasteiger partial charge in [-0.1, -0.05) is 0 Å². The molecule has 0 unspecified atom stereocenters. The van der Waals surface area contributed by atoms with Gasteiger partial charge in [-0.15, -0.1) is 0 Å². The van der Waals surface area contributed by atoms with Crippen LogP contribution in [0, 0.1) is 0 Å².